The van der Waals surface area contributed by atoms with Gasteiger partial charge in [0.05, 0.1) is 6.54 Å². The van der Waals surface area contributed by atoms with E-state index in [4.69, 9.17) is 4.74 Å². The molecule has 1 aliphatic heterocycles. The molecule has 0 spiro atoms. The fourth-order valence-corrected chi connectivity index (χ4v) is 2.25. The van der Waals surface area contributed by atoms with Crippen LogP contribution in [0, 0.1) is 5.92 Å². The summed E-state index contributed by atoms with van der Waals surface area (Å²) < 4.78 is 5.73. The Bertz CT molecular complexity index is 463. The second kappa shape index (κ2) is 7.88. The number of carbonyl (C=O) groups is 1. The molecular weight excluding hydrogens is 266 g/mol. The number of hydrogen-bond acceptors (Lipinski definition) is 3. The van der Waals surface area contributed by atoms with Crippen LogP contribution in [0.1, 0.15) is 19.4 Å². The van der Waals surface area contributed by atoms with Crippen LogP contribution in [0.15, 0.2) is 24.3 Å². The molecule has 0 radical (unpaired) electrons. The van der Waals surface area contributed by atoms with E-state index in [2.05, 4.69) is 36.6 Å². The standard InChI is InChI=1S/C16H25N3O2/c1-13(2)11-17-12-14-4-3-5-15(10-14)21-9-8-19-7-6-18-16(19)20/h3-5,10,13,17H,6-9,11-12H2,1-2H3,(H,18,20). The lowest BCUT2D eigenvalue weighted by Gasteiger charge is -2.15. The van der Waals surface area contributed by atoms with Gasteiger partial charge in [-0.3, -0.25) is 0 Å². The van der Waals surface area contributed by atoms with Crippen molar-refractivity contribution in [2.75, 3.05) is 32.8 Å². The predicted octanol–water partition coefficient (Wildman–Crippen LogP) is 1.84. The molecule has 1 fully saturated rings. The van der Waals surface area contributed by atoms with Gasteiger partial charge in [-0.15, -0.1) is 0 Å². The highest BCUT2D eigenvalue weighted by molar-refractivity contribution is 5.76. The Hall–Kier alpha value is -1.75. The number of urea groups is 1. The van der Waals surface area contributed by atoms with Crippen molar-refractivity contribution in [1.29, 1.82) is 0 Å². The van der Waals surface area contributed by atoms with Crippen molar-refractivity contribution in [3.63, 3.8) is 0 Å². The van der Waals surface area contributed by atoms with Crippen LogP contribution in [0.4, 0.5) is 4.79 Å². The van der Waals surface area contributed by atoms with E-state index in [9.17, 15) is 4.79 Å². The molecule has 1 heterocycles. The highest BCUT2D eigenvalue weighted by atomic mass is 16.5. The van der Waals surface area contributed by atoms with Gasteiger partial charge in [0.15, 0.2) is 0 Å². The molecular formula is C16H25N3O2. The van der Waals surface area contributed by atoms with Gasteiger partial charge in [-0.25, -0.2) is 4.79 Å². The molecule has 2 N–H and O–H groups in total. The summed E-state index contributed by atoms with van der Waals surface area (Å²) in [6, 6.07) is 8.11. The first-order valence-electron chi connectivity index (χ1n) is 7.60. The summed E-state index contributed by atoms with van der Waals surface area (Å²) in [6.45, 7) is 8.90. The van der Waals surface area contributed by atoms with E-state index in [0.29, 0.717) is 19.1 Å². The van der Waals surface area contributed by atoms with Gasteiger partial charge in [-0.05, 0) is 30.2 Å². The Labute approximate surface area is 126 Å². The van der Waals surface area contributed by atoms with Gasteiger partial charge in [0.2, 0.25) is 0 Å². The Balaban J connectivity index is 1.74. The maximum atomic E-state index is 11.4. The fourth-order valence-electron chi connectivity index (χ4n) is 2.25. The topological polar surface area (TPSA) is 53.6 Å². The van der Waals surface area contributed by atoms with Crippen molar-refractivity contribution >= 4 is 6.03 Å². The Morgan fingerprint density at radius 3 is 3.00 bits per heavy atom. The van der Waals surface area contributed by atoms with E-state index in [1.165, 1.54) is 5.56 Å². The van der Waals surface area contributed by atoms with Crippen LogP contribution >= 0.6 is 0 Å². The first kappa shape index (κ1) is 15.6. The SMILES string of the molecule is CC(C)CNCc1cccc(OCCN2CCNC2=O)c1. The number of rotatable bonds is 8. The van der Waals surface area contributed by atoms with Crippen molar-refractivity contribution < 1.29 is 9.53 Å². The molecule has 1 aromatic rings. The van der Waals surface area contributed by atoms with Crippen LogP contribution in [0.25, 0.3) is 0 Å². The molecule has 2 amide bonds. The van der Waals surface area contributed by atoms with Crippen molar-refractivity contribution in [2.45, 2.75) is 20.4 Å². The Morgan fingerprint density at radius 1 is 1.43 bits per heavy atom. The predicted molar refractivity (Wildman–Crippen MR) is 83.5 cm³/mol. The summed E-state index contributed by atoms with van der Waals surface area (Å²) in [5.41, 5.74) is 1.21. The van der Waals surface area contributed by atoms with E-state index in [1.807, 2.05) is 12.1 Å². The van der Waals surface area contributed by atoms with Crippen molar-refractivity contribution in [3.8, 4) is 5.75 Å². The highest BCUT2D eigenvalue weighted by Gasteiger charge is 2.18. The summed E-state index contributed by atoms with van der Waals surface area (Å²) in [5.74, 6) is 1.51. The minimum atomic E-state index is 0.00485. The van der Waals surface area contributed by atoms with Gasteiger partial charge in [0.25, 0.3) is 0 Å². The van der Waals surface area contributed by atoms with Crippen LogP contribution in [0.2, 0.25) is 0 Å². The highest BCUT2D eigenvalue weighted by Crippen LogP contribution is 2.13. The molecule has 1 saturated heterocycles. The Morgan fingerprint density at radius 2 is 2.29 bits per heavy atom. The number of carbonyl (C=O) groups excluding carboxylic acids is 1. The molecule has 0 bridgehead atoms. The van der Waals surface area contributed by atoms with Crippen LogP contribution in [-0.2, 0) is 6.54 Å². The summed E-state index contributed by atoms with van der Waals surface area (Å²) in [6.07, 6.45) is 0. The molecule has 1 aromatic carbocycles. The van der Waals surface area contributed by atoms with Gasteiger partial charge in [-0.2, -0.15) is 0 Å². The molecule has 0 aliphatic carbocycles. The van der Waals surface area contributed by atoms with Gasteiger partial charge < -0.3 is 20.3 Å². The van der Waals surface area contributed by atoms with E-state index in [-0.39, 0.29) is 6.03 Å². The van der Waals surface area contributed by atoms with E-state index < -0.39 is 0 Å². The number of amides is 2. The molecule has 21 heavy (non-hydrogen) atoms. The average Bonchev–Trinajstić information content (AvgIpc) is 2.85. The third kappa shape index (κ3) is 5.27. The number of ether oxygens (including phenoxy) is 1. The lowest BCUT2D eigenvalue weighted by Crippen LogP contribution is -2.31. The first-order valence-corrected chi connectivity index (χ1v) is 7.60. The largest absolute Gasteiger partial charge is 0.492 e. The second-order valence-electron chi connectivity index (χ2n) is 5.74. The minimum Gasteiger partial charge on any atom is -0.492 e. The maximum absolute atomic E-state index is 11.4. The van der Waals surface area contributed by atoms with Crippen molar-refractivity contribution in [2.24, 2.45) is 5.92 Å². The molecule has 0 atom stereocenters. The molecule has 5 nitrogen and oxygen atoms in total. The zero-order valence-corrected chi connectivity index (χ0v) is 12.9. The van der Waals surface area contributed by atoms with Crippen molar-refractivity contribution in [1.82, 2.24) is 15.5 Å². The van der Waals surface area contributed by atoms with Gasteiger partial charge >= 0.3 is 6.03 Å². The van der Waals surface area contributed by atoms with E-state index in [0.717, 1.165) is 31.9 Å². The number of nitrogens with one attached hydrogen (secondary N) is 2. The monoisotopic (exact) mass is 291 g/mol. The molecule has 0 saturated carbocycles. The minimum absolute atomic E-state index is 0.00485. The molecule has 1 aliphatic rings. The van der Waals surface area contributed by atoms with Gasteiger partial charge in [0.1, 0.15) is 12.4 Å². The lowest BCUT2D eigenvalue weighted by atomic mass is 10.2. The molecule has 2 rings (SSSR count). The molecule has 0 unspecified atom stereocenters. The van der Waals surface area contributed by atoms with Crippen LogP contribution < -0.4 is 15.4 Å². The quantitative estimate of drug-likeness (QED) is 0.768. The third-order valence-electron chi connectivity index (χ3n) is 3.36. The zero-order valence-electron chi connectivity index (χ0n) is 12.9. The average molecular weight is 291 g/mol. The third-order valence-corrected chi connectivity index (χ3v) is 3.36. The maximum Gasteiger partial charge on any atom is 0.317 e. The second-order valence-corrected chi connectivity index (χ2v) is 5.74. The smallest absolute Gasteiger partial charge is 0.317 e. The molecule has 0 aromatic heterocycles. The number of nitrogens with zero attached hydrogens (tertiary/aromatic N) is 1. The normalized spacial score (nSPS) is 14.6. The molecule has 116 valence electrons. The summed E-state index contributed by atoms with van der Waals surface area (Å²) in [5, 5.41) is 6.20. The lowest BCUT2D eigenvalue weighted by molar-refractivity contribution is 0.202. The molecule has 5 heteroatoms. The summed E-state index contributed by atoms with van der Waals surface area (Å²) in [4.78, 5) is 13.2. The van der Waals surface area contributed by atoms with Crippen molar-refractivity contribution in [3.05, 3.63) is 29.8 Å². The fraction of sp³-hybridized carbons (Fsp3) is 0.562. The number of hydrogen-bond donors (Lipinski definition) is 2. The van der Waals surface area contributed by atoms with E-state index in [1.54, 1.807) is 4.90 Å². The van der Waals surface area contributed by atoms with Crippen LogP contribution in [0.3, 0.4) is 0 Å². The summed E-state index contributed by atoms with van der Waals surface area (Å²) in [7, 11) is 0. The van der Waals surface area contributed by atoms with Gasteiger partial charge in [-0.1, -0.05) is 26.0 Å². The van der Waals surface area contributed by atoms with Crippen LogP contribution in [0.5, 0.6) is 5.75 Å². The number of benzene rings is 1. The summed E-state index contributed by atoms with van der Waals surface area (Å²) >= 11 is 0. The van der Waals surface area contributed by atoms with Gasteiger partial charge in [0, 0.05) is 19.6 Å². The first-order chi connectivity index (χ1) is 10.1. The zero-order chi connectivity index (χ0) is 15.1. The van der Waals surface area contributed by atoms with Crippen LogP contribution in [-0.4, -0.2) is 43.7 Å². The van der Waals surface area contributed by atoms with E-state index >= 15 is 0 Å². The Kier molecular flexibility index (Phi) is 5.87.